The van der Waals surface area contributed by atoms with Crippen molar-refractivity contribution in [2.45, 2.75) is 36.8 Å². The molecular formula is C33H27BClFN8. The van der Waals surface area contributed by atoms with Crippen LogP contribution in [0.2, 0.25) is 5.02 Å². The van der Waals surface area contributed by atoms with Crippen LogP contribution in [0.15, 0.2) is 84.8 Å². The third kappa shape index (κ3) is 5.17. The molecule has 4 N–H and O–H groups in total. The second kappa shape index (κ2) is 11.1. The van der Waals surface area contributed by atoms with Crippen LogP contribution in [0, 0.1) is 40.3 Å². The Labute approximate surface area is 260 Å². The van der Waals surface area contributed by atoms with Crippen LogP contribution in [0.25, 0.3) is 10.9 Å². The summed E-state index contributed by atoms with van der Waals surface area (Å²) in [5.74, 6) is -0.354. The fourth-order valence-corrected chi connectivity index (χ4v) is 6.14. The third-order valence-electron chi connectivity index (χ3n) is 8.53. The zero-order chi connectivity index (χ0) is 30.4. The summed E-state index contributed by atoms with van der Waals surface area (Å²) in [5.41, 5.74) is 9.32. The Morgan fingerprint density at radius 3 is 2.57 bits per heavy atom. The molecule has 7 rings (SSSR count). The molecule has 216 valence electrons. The lowest BCUT2D eigenvalue weighted by atomic mass is 9.69. The minimum atomic E-state index is -1.31. The molecule has 1 unspecified atom stereocenters. The number of nitrogens with zero attached hydrogens (tertiary/aromatic N) is 4. The highest BCUT2D eigenvalue weighted by Gasteiger charge is 2.44. The highest BCUT2D eigenvalue weighted by molar-refractivity contribution is 6.36. The lowest BCUT2D eigenvalue weighted by Crippen LogP contribution is -2.45. The van der Waals surface area contributed by atoms with Crippen LogP contribution in [0.4, 0.5) is 15.8 Å². The Balaban J connectivity index is 1.32. The number of hydrazine groups is 2. The molecule has 4 aromatic rings. The van der Waals surface area contributed by atoms with Gasteiger partial charge in [0.25, 0.3) is 0 Å². The molecule has 8 nitrogen and oxygen atoms in total. The summed E-state index contributed by atoms with van der Waals surface area (Å²) in [4.78, 5) is 4.52. The molecule has 3 aliphatic rings. The Hall–Kier alpha value is -4.77. The standard InChI is InChI=1S/C33H27BClFN8/c34-33(22-6-8-23(36)9-7-22,29-18-44(43-42-29)25-10-11-25)41-24-13-27-31(21(16-38)17-39-32(27)28(35)14-24)40-30(26-12-20(26)15-37)19-4-2-1-3-5-19/h1-9,13-14,17-18,20,25-26,30,41-43H,10-12H2,(H,39,40)/t20-,26+,30+,33?/m1/s1. The molecular weight excluding hydrogens is 574 g/mol. The number of aromatic nitrogens is 1. The number of pyridine rings is 1. The molecule has 0 bridgehead atoms. The van der Waals surface area contributed by atoms with E-state index in [2.05, 4.69) is 38.7 Å². The molecule has 2 fully saturated rings. The summed E-state index contributed by atoms with van der Waals surface area (Å²) >= 11 is 6.83. The summed E-state index contributed by atoms with van der Waals surface area (Å²) < 4.78 is 13.9. The summed E-state index contributed by atoms with van der Waals surface area (Å²) in [6.07, 6.45) is 6.35. The van der Waals surface area contributed by atoms with Gasteiger partial charge in [0, 0.05) is 35.4 Å². The highest BCUT2D eigenvalue weighted by atomic mass is 35.5. The summed E-state index contributed by atoms with van der Waals surface area (Å²) in [7, 11) is 7.12. The van der Waals surface area contributed by atoms with Crippen molar-refractivity contribution in [1.82, 2.24) is 21.0 Å². The van der Waals surface area contributed by atoms with E-state index in [1.807, 2.05) is 47.6 Å². The fraction of sp³-hybridized carbons (Fsp3) is 0.242. The smallest absolute Gasteiger partial charge is 0.123 e. The molecule has 2 aliphatic carbocycles. The van der Waals surface area contributed by atoms with Gasteiger partial charge in [-0.1, -0.05) is 54.1 Å². The van der Waals surface area contributed by atoms with Gasteiger partial charge in [-0.05, 0) is 54.7 Å². The topological polar surface area (TPSA) is 112 Å². The Kier molecular flexibility index (Phi) is 7.05. The van der Waals surface area contributed by atoms with E-state index >= 15 is 0 Å². The van der Waals surface area contributed by atoms with Crippen LogP contribution < -0.4 is 21.6 Å². The van der Waals surface area contributed by atoms with Crippen molar-refractivity contribution in [2.75, 3.05) is 10.6 Å². The number of nitriles is 2. The Morgan fingerprint density at radius 2 is 1.89 bits per heavy atom. The zero-order valence-electron chi connectivity index (χ0n) is 23.6. The first-order valence-corrected chi connectivity index (χ1v) is 14.8. The van der Waals surface area contributed by atoms with E-state index in [0.717, 1.165) is 24.8 Å². The van der Waals surface area contributed by atoms with Crippen LogP contribution >= 0.6 is 11.6 Å². The van der Waals surface area contributed by atoms with Crippen LogP contribution in [0.1, 0.15) is 42.0 Å². The Bertz CT molecular complexity index is 1850. The number of halogens is 2. The van der Waals surface area contributed by atoms with Crippen molar-refractivity contribution in [1.29, 1.82) is 10.5 Å². The predicted molar refractivity (Wildman–Crippen MR) is 168 cm³/mol. The molecule has 11 heteroatoms. The second-order valence-electron chi connectivity index (χ2n) is 11.5. The quantitative estimate of drug-likeness (QED) is 0.174. The van der Waals surface area contributed by atoms with Crippen molar-refractivity contribution in [3.8, 4) is 12.1 Å². The van der Waals surface area contributed by atoms with Gasteiger partial charge in [-0.25, -0.2) is 4.39 Å². The maximum Gasteiger partial charge on any atom is 0.123 e. The van der Waals surface area contributed by atoms with Gasteiger partial charge in [-0.2, -0.15) is 10.5 Å². The first-order chi connectivity index (χ1) is 21.4. The number of benzene rings is 3. The van der Waals surface area contributed by atoms with Crippen LogP contribution in [-0.2, 0) is 5.44 Å². The van der Waals surface area contributed by atoms with Gasteiger partial charge in [0.15, 0.2) is 0 Å². The van der Waals surface area contributed by atoms with Crippen molar-refractivity contribution in [2.24, 2.45) is 11.8 Å². The molecule has 0 spiro atoms. The average molecular weight is 601 g/mol. The molecule has 2 heterocycles. The van der Waals surface area contributed by atoms with Crippen LogP contribution in [0.5, 0.6) is 0 Å². The normalized spacial score (nSPS) is 20.9. The van der Waals surface area contributed by atoms with Crippen molar-refractivity contribution in [3.05, 3.63) is 112 Å². The summed E-state index contributed by atoms with van der Waals surface area (Å²) in [6, 6.07) is 24.4. The molecule has 1 aliphatic heterocycles. The minimum Gasteiger partial charge on any atom is -0.378 e. The Morgan fingerprint density at radius 1 is 1.11 bits per heavy atom. The third-order valence-corrected chi connectivity index (χ3v) is 8.82. The van der Waals surface area contributed by atoms with Crippen LogP contribution in [-0.4, -0.2) is 23.9 Å². The van der Waals surface area contributed by atoms with E-state index in [1.54, 1.807) is 18.2 Å². The van der Waals surface area contributed by atoms with E-state index in [4.69, 9.17) is 19.4 Å². The summed E-state index contributed by atoms with van der Waals surface area (Å²) in [6.45, 7) is 0. The van der Waals surface area contributed by atoms with E-state index in [1.165, 1.54) is 18.3 Å². The molecule has 1 aromatic heterocycles. The van der Waals surface area contributed by atoms with Crippen molar-refractivity contribution < 1.29 is 4.39 Å². The molecule has 3 aromatic carbocycles. The van der Waals surface area contributed by atoms with Gasteiger partial charge in [-0.3, -0.25) is 9.99 Å². The number of anilines is 2. The minimum absolute atomic E-state index is 0.0725. The first kappa shape index (κ1) is 28.0. The SMILES string of the molecule is [B]C(Nc1cc(Cl)c2ncc(C#N)c(N[C@@H](c3ccccc3)[C@H]3C[C@@H]3C#N)c2c1)(C1=CN(C2CC2)NN1)c1ccc(F)cc1. The van der Waals surface area contributed by atoms with Gasteiger partial charge in [0.2, 0.25) is 0 Å². The molecule has 0 saturated heterocycles. The lowest BCUT2D eigenvalue weighted by molar-refractivity contribution is 0.260. The van der Waals surface area contributed by atoms with Crippen LogP contribution in [0.3, 0.4) is 0 Å². The summed E-state index contributed by atoms with van der Waals surface area (Å²) in [5, 5.41) is 29.8. The number of hydrogen-bond donors (Lipinski definition) is 4. The van der Waals surface area contributed by atoms with E-state index in [9.17, 15) is 14.9 Å². The number of rotatable bonds is 9. The molecule has 2 radical (unpaired) electrons. The van der Waals surface area contributed by atoms with Crippen molar-refractivity contribution in [3.63, 3.8) is 0 Å². The monoisotopic (exact) mass is 600 g/mol. The highest BCUT2D eigenvalue weighted by Crippen LogP contribution is 2.49. The number of nitrogens with one attached hydrogen (secondary N) is 4. The molecule has 2 saturated carbocycles. The number of fused-ring (bicyclic) bond motifs is 1. The second-order valence-corrected chi connectivity index (χ2v) is 11.9. The van der Waals surface area contributed by atoms with Crippen molar-refractivity contribution >= 4 is 41.7 Å². The maximum atomic E-state index is 13.9. The molecule has 44 heavy (non-hydrogen) atoms. The largest absolute Gasteiger partial charge is 0.378 e. The lowest BCUT2D eigenvalue weighted by Gasteiger charge is -2.34. The van der Waals surface area contributed by atoms with Gasteiger partial charge in [-0.15, -0.1) is 5.53 Å². The zero-order valence-corrected chi connectivity index (χ0v) is 24.3. The van der Waals surface area contributed by atoms with Gasteiger partial charge >= 0.3 is 0 Å². The van der Waals surface area contributed by atoms with Gasteiger partial charge < -0.3 is 16.1 Å². The van der Waals surface area contributed by atoms with E-state index in [0.29, 0.717) is 50.2 Å². The number of hydrogen-bond acceptors (Lipinski definition) is 8. The maximum absolute atomic E-state index is 13.9. The average Bonchev–Trinajstić information content (AvgIpc) is 3.98. The predicted octanol–water partition coefficient (Wildman–Crippen LogP) is 5.97. The van der Waals surface area contributed by atoms with Gasteiger partial charge in [0.05, 0.1) is 51.0 Å². The fourth-order valence-electron chi connectivity index (χ4n) is 5.87. The van der Waals surface area contributed by atoms with E-state index < -0.39 is 5.44 Å². The van der Waals surface area contributed by atoms with E-state index in [-0.39, 0.29) is 23.7 Å². The molecule has 0 amide bonds. The molecule has 4 atom stereocenters. The first-order valence-electron chi connectivity index (χ1n) is 14.5. The van der Waals surface area contributed by atoms with Gasteiger partial charge in [0.1, 0.15) is 19.7 Å².